The van der Waals surface area contributed by atoms with Crippen molar-refractivity contribution in [1.82, 2.24) is 10.3 Å². The van der Waals surface area contributed by atoms with Gasteiger partial charge in [-0.25, -0.2) is 4.98 Å². The van der Waals surface area contributed by atoms with Crippen molar-refractivity contribution >= 4 is 22.4 Å². The minimum absolute atomic E-state index is 0.0961. The molecule has 2 N–H and O–H groups in total. The molecule has 1 aromatic heterocycles. The van der Waals surface area contributed by atoms with Gasteiger partial charge in [-0.3, -0.25) is 4.79 Å². The Balaban J connectivity index is 1.72. The smallest absolute Gasteiger partial charge is 0.245 e. The van der Waals surface area contributed by atoms with E-state index in [0.717, 1.165) is 11.3 Å². The number of benzene rings is 1. The van der Waals surface area contributed by atoms with Crippen LogP contribution in [0.3, 0.4) is 0 Å². The molecule has 1 aromatic carbocycles. The summed E-state index contributed by atoms with van der Waals surface area (Å²) in [5, 5.41) is 8.58. The first-order valence-electron chi connectivity index (χ1n) is 7.28. The SMILES string of the molecule is Cc1ccc(-c2csc(NC(=O)C3COCCN3)n2)c(C)c1. The van der Waals surface area contributed by atoms with Crippen molar-refractivity contribution in [2.45, 2.75) is 19.9 Å². The van der Waals surface area contributed by atoms with Crippen LogP contribution in [0.1, 0.15) is 11.1 Å². The number of ether oxygens (including phenoxy) is 1. The van der Waals surface area contributed by atoms with Gasteiger partial charge in [0.05, 0.1) is 18.9 Å². The summed E-state index contributed by atoms with van der Waals surface area (Å²) >= 11 is 1.44. The lowest BCUT2D eigenvalue weighted by molar-refractivity contribution is -0.120. The number of amides is 1. The third kappa shape index (κ3) is 3.35. The number of rotatable bonds is 3. The first-order chi connectivity index (χ1) is 10.6. The number of carbonyl (C=O) groups excluding carboxylic acids is 1. The normalized spacial score (nSPS) is 18.2. The van der Waals surface area contributed by atoms with Crippen LogP contribution >= 0.6 is 11.3 Å². The van der Waals surface area contributed by atoms with E-state index in [4.69, 9.17) is 4.74 Å². The fraction of sp³-hybridized carbons (Fsp3) is 0.375. The number of aromatic nitrogens is 1. The lowest BCUT2D eigenvalue weighted by Gasteiger charge is -2.22. The van der Waals surface area contributed by atoms with E-state index in [1.54, 1.807) is 0 Å². The van der Waals surface area contributed by atoms with Crippen LogP contribution in [0.25, 0.3) is 11.3 Å². The van der Waals surface area contributed by atoms with Crippen LogP contribution in [-0.4, -0.2) is 36.7 Å². The third-order valence-electron chi connectivity index (χ3n) is 3.63. The zero-order valence-corrected chi connectivity index (χ0v) is 13.5. The molecule has 0 spiro atoms. The first-order valence-corrected chi connectivity index (χ1v) is 8.16. The molecule has 3 rings (SSSR count). The van der Waals surface area contributed by atoms with Gasteiger partial charge >= 0.3 is 0 Å². The average molecular weight is 317 g/mol. The van der Waals surface area contributed by atoms with Crippen LogP contribution in [0, 0.1) is 13.8 Å². The molecule has 1 aliphatic rings. The van der Waals surface area contributed by atoms with Crippen molar-refractivity contribution in [1.29, 1.82) is 0 Å². The van der Waals surface area contributed by atoms with Crippen LogP contribution in [-0.2, 0) is 9.53 Å². The third-order valence-corrected chi connectivity index (χ3v) is 4.39. The van der Waals surface area contributed by atoms with Crippen LogP contribution in [0.2, 0.25) is 0 Å². The summed E-state index contributed by atoms with van der Waals surface area (Å²) in [6.45, 7) is 5.90. The number of hydrogen-bond acceptors (Lipinski definition) is 5. The van der Waals surface area contributed by atoms with Crippen molar-refractivity contribution in [3.05, 3.63) is 34.7 Å². The Morgan fingerprint density at radius 2 is 2.32 bits per heavy atom. The Labute approximate surface area is 133 Å². The second-order valence-electron chi connectivity index (χ2n) is 5.43. The van der Waals surface area contributed by atoms with Crippen LogP contribution < -0.4 is 10.6 Å². The number of hydrogen-bond donors (Lipinski definition) is 2. The first kappa shape index (κ1) is 15.1. The molecule has 1 amide bonds. The molecule has 1 saturated heterocycles. The summed E-state index contributed by atoms with van der Waals surface area (Å²) in [6.07, 6.45) is 0. The number of morpholine rings is 1. The summed E-state index contributed by atoms with van der Waals surface area (Å²) in [5.41, 5.74) is 4.41. The molecule has 116 valence electrons. The minimum atomic E-state index is -0.304. The molecule has 0 aliphatic carbocycles. The number of thiazole rings is 1. The highest BCUT2D eigenvalue weighted by Gasteiger charge is 2.22. The highest BCUT2D eigenvalue weighted by atomic mass is 32.1. The van der Waals surface area contributed by atoms with Crippen LogP contribution in [0.5, 0.6) is 0 Å². The maximum Gasteiger partial charge on any atom is 0.245 e. The second kappa shape index (κ2) is 6.56. The lowest BCUT2D eigenvalue weighted by Crippen LogP contribution is -2.48. The Morgan fingerprint density at radius 3 is 3.05 bits per heavy atom. The average Bonchev–Trinajstić information content (AvgIpc) is 2.96. The Kier molecular flexibility index (Phi) is 4.52. The Bertz CT molecular complexity index is 678. The molecule has 22 heavy (non-hydrogen) atoms. The minimum Gasteiger partial charge on any atom is -0.378 e. The summed E-state index contributed by atoms with van der Waals surface area (Å²) in [4.78, 5) is 16.7. The van der Waals surface area contributed by atoms with Crippen molar-refractivity contribution in [2.75, 3.05) is 25.1 Å². The molecular weight excluding hydrogens is 298 g/mol. The van der Waals surface area contributed by atoms with E-state index >= 15 is 0 Å². The van der Waals surface area contributed by atoms with Gasteiger partial charge in [-0.15, -0.1) is 11.3 Å². The molecular formula is C16H19N3O2S. The predicted octanol–water partition coefficient (Wildman–Crippen LogP) is 2.35. The van der Waals surface area contributed by atoms with Crippen molar-refractivity contribution in [2.24, 2.45) is 0 Å². The van der Waals surface area contributed by atoms with Gasteiger partial charge in [0.2, 0.25) is 5.91 Å². The zero-order chi connectivity index (χ0) is 15.5. The van der Waals surface area contributed by atoms with E-state index in [-0.39, 0.29) is 11.9 Å². The lowest BCUT2D eigenvalue weighted by atomic mass is 10.0. The fourth-order valence-electron chi connectivity index (χ4n) is 2.48. The molecule has 2 aromatic rings. The Hall–Kier alpha value is -1.76. The van der Waals surface area contributed by atoms with E-state index in [9.17, 15) is 4.79 Å². The maximum atomic E-state index is 12.1. The standard InChI is InChI=1S/C16H19N3O2S/c1-10-3-4-12(11(2)7-10)14-9-22-16(18-14)19-15(20)13-8-21-6-5-17-13/h3-4,7,9,13,17H,5-6,8H2,1-2H3,(H,18,19,20). The molecule has 1 aliphatic heterocycles. The van der Waals surface area contributed by atoms with E-state index in [2.05, 4.69) is 47.7 Å². The molecule has 1 unspecified atom stereocenters. The molecule has 2 heterocycles. The summed E-state index contributed by atoms with van der Waals surface area (Å²) in [7, 11) is 0. The van der Waals surface area contributed by atoms with E-state index in [1.807, 2.05) is 5.38 Å². The van der Waals surface area contributed by atoms with Crippen molar-refractivity contribution in [3.8, 4) is 11.3 Å². The number of nitrogens with one attached hydrogen (secondary N) is 2. The fourth-order valence-corrected chi connectivity index (χ4v) is 3.20. The van der Waals surface area contributed by atoms with E-state index < -0.39 is 0 Å². The number of nitrogens with zero attached hydrogens (tertiary/aromatic N) is 1. The summed E-state index contributed by atoms with van der Waals surface area (Å²) in [5.74, 6) is -0.0961. The molecule has 0 radical (unpaired) electrons. The summed E-state index contributed by atoms with van der Waals surface area (Å²) < 4.78 is 5.30. The van der Waals surface area contributed by atoms with Crippen molar-refractivity contribution in [3.63, 3.8) is 0 Å². The van der Waals surface area contributed by atoms with Gasteiger partial charge in [0.1, 0.15) is 6.04 Å². The number of aryl methyl sites for hydroxylation is 2. The zero-order valence-electron chi connectivity index (χ0n) is 12.7. The molecule has 5 nitrogen and oxygen atoms in total. The van der Waals surface area contributed by atoms with Gasteiger partial charge < -0.3 is 15.4 Å². The van der Waals surface area contributed by atoms with Gasteiger partial charge in [0, 0.05) is 17.5 Å². The molecule has 1 fully saturated rings. The quantitative estimate of drug-likeness (QED) is 0.912. The van der Waals surface area contributed by atoms with E-state index in [1.165, 1.54) is 22.5 Å². The predicted molar refractivity (Wildman–Crippen MR) is 88.3 cm³/mol. The van der Waals surface area contributed by atoms with Crippen LogP contribution in [0.4, 0.5) is 5.13 Å². The topological polar surface area (TPSA) is 63.2 Å². The maximum absolute atomic E-state index is 12.1. The molecule has 0 bridgehead atoms. The van der Waals surface area contributed by atoms with Gasteiger partial charge in [-0.05, 0) is 19.4 Å². The van der Waals surface area contributed by atoms with Gasteiger partial charge in [-0.1, -0.05) is 23.8 Å². The number of anilines is 1. The monoisotopic (exact) mass is 317 g/mol. The Morgan fingerprint density at radius 1 is 1.45 bits per heavy atom. The van der Waals surface area contributed by atoms with Crippen molar-refractivity contribution < 1.29 is 9.53 Å². The molecule has 1 atom stereocenters. The second-order valence-corrected chi connectivity index (χ2v) is 6.29. The van der Waals surface area contributed by atoms with Crippen LogP contribution in [0.15, 0.2) is 23.6 Å². The molecule has 0 saturated carbocycles. The van der Waals surface area contributed by atoms with Gasteiger partial charge in [-0.2, -0.15) is 0 Å². The number of carbonyl (C=O) groups is 1. The van der Waals surface area contributed by atoms with E-state index in [0.29, 0.717) is 24.9 Å². The van der Waals surface area contributed by atoms with Gasteiger partial charge in [0.25, 0.3) is 0 Å². The highest BCUT2D eigenvalue weighted by molar-refractivity contribution is 7.14. The summed E-state index contributed by atoms with van der Waals surface area (Å²) in [6, 6.07) is 5.98. The highest BCUT2D eigenvalue weighted by Crippen LogP contribution is 2.28. The largest absolute Gasteiger partial charge is 0.378 e. The molecule has 6 heteroatoms. The van der Waals surface area contributed by atoms with Gasteiger partial charge in [0.15, 0.2) is 5.13 Å².